The van der Waals surface area contributed by atoms with Gasteiger partial charge in [0.05, 0.1) is 12.1 Å². The van der Waals surface area contributed by atoms with Crippen LogP contribution in [0.25, 0.3) is 0 Å². The highest BCUT2D eigenvalue weighted by atomic mass is 32.2. The average molecular weight is 317 g/mol. The van der Waals surface area contributed by atoms with Crippen molar-refractivity contribution in [3.8, 4) is 0 Å². The van der Waals surface area contributed by atoms with Crippen LogP contribution in [0.2, 0.25) is 0 Å². The van der Waals surface area contributed by atoms with Gasteiger partial charge in [-0.15, -0.1) is 0 Å². The van der Waals surface area contributed by atoms with Gasteiger partial charge in [0.15, 0.2) is 0 Å². The van der Waals surface area contributed by atoms with E-state index in [2.05, 4.69) is 13.2 Å². The molecule has 0 radical (unpaired) electrons. The summed E-state index contributed by atoms with van der Waals surface area (Å²) in [7, 11) is 0. The second-order valence-electron chi connectivity index (χ2n) is 6.74. The summed E-state index contributed by atoms with van der Waals surface area (Å²) in [5.41, 5.74) is -0.629. The first-order valence-electron chi connectivity index (χ1n) is 7.93. The topological polar surface area (TPSA) is 38.8 Å². The quantitative estimate of drug-likeness (QED) is 0.696. The lowest BCUT2D eigenvalue weighted by Crippen LogP contribution is -2.52. The number of carbonyl (C=O) groups excluding carboxylic acids is 1. The van der Waals surface area contributed by atoms with Gasteiger partial charge in [0, 0.05) is 13.2 Å². The van der Waals surface area contributed by atoms with Crippen molar-refractivity contribution in [2.45, 2.75) is 64.6 Å². The molecule has 1 heterocycles. The number of hydrogen-bond donors (Lipinski definition) is 0. The molecule has 0 aliphatic carbocycles. The minimum atomic E-state index is -0.442. The van der Waals surface area contributed by atoms with E-state index in [0.29, 0.717) is 6.54 Å². The summed E-state index contributed by atoms with van der Waals surface area (Å²) in [4.78, 5) is 14.1. The Morgan fingerprint density at radius 3 is 2.67 bits per heavy atom. The third-order valence-corrected chi connectivity index (χ3v) is 4.43. The van der Waals surface area contributed by atoms with Gasteiger partial charge in [-0.25, -0.2) is 4.79 Å². The zero-order valence-corrected chi connectivity index (χ0v) is 15.1. The predicted molar refractivity (Wildman–Crippen MR) is 89.0 cm³/mol. The Labute approximate surface area is 133 Å². The van der Waals surface area contributed by atoms with Crippen LogP contribution in [0.1, 0.15) is 53.4 Å². The van der Waals surface area contributed by atoms with Crippen LogP contribution in [-0.4, -0.2) is 53.9 Å². The molecule has 1 unspecified atom stereocenters. The van der Waals surface area contributed by atoms with E-state index in [1.807, 2.05) is 37.4 Å². The van der Waals surface area contributed by atoms with Gasteiger partial charge in [-0.05, 0) is 58.5 Å². The summed E-state index contributed by atoms with van der Waals surface area (Å²) in [6.07, 6.45) is 5.91. The molecule has 0 spiro atoms. The Morgan fingerprint density at radius 2 is 2.10 bits per heavy atom. The SMILES string of the molecule is CCC1(OCCCSC)CCCN(C(=O)OC(C)(C)C)C1. The van der Waals surface area contributed by atoms with Crippen molar-refractivity contribution in [1.29, 1.82) is 0 Å². The van der Waals surface area contributed by atoms with Crippen LogP contribution in [0.4, 0.5) is 4.79 Å². The molecule has 0 aromatic carbocycles. The first-order chi connectivity index (χ1) is 9.82. The van der Waals surface area contributed by atoms with E-state index in [0.717, 1.165) is 44.6 Å². The molecule has 1 atom stereocenters. The predicted octanol–water partition coefficient (Wildman–Crippen LogP) is 3.94. The van der Waals surface area contributed by atoms with E-state index in [1.165, 1.54) is 0 Å². The van der Waals surface area contributed by atoms with Crippen LogP contribution in [0, 0.1) is 0 Å². The van der Waals surface area contributed by atoms with Crippen molar-refractivity contribution < 1.29 is 14.3 Å². The summed E-state index contributed by atoms with van der Waals surface area (Å²) >= 11 is 1.84. The van der Waals surface area contributed by atoms with Crippen LogP contribution in [-0.2, 0) is 9.47 Å². The highest BCUT2D eigenvalue weighted by Gasteiger charge is 2.37. The normalized spacial score (nSPS) is 23.2. The van der Waals surface area contributed by atoms with Gasteiger partial charge in [-0.1, -0.05) is 6.92 Å². The molecule has 1 aliphatic heterocycles. The van der Waals surface area contributed by atoms with Gasteiger partial charge in [-0.2, -0.15) is 11.8 Å². The highest BCUT2D eigenvalue weighted by molar-refractivity contribution is 7.98. The van der Waals surface area contributed by atoms with E-state index >= 15 is 0 Å². The lowest BCUT2D eigenvalue weighted by molar-refractivity contribution is -0.0928. The molecule has 5 heteroatoms. The van der Waals surface area contributed by atoms with Crippen molar-refractivity contribution in [2.24, 2.45) is 0 Å². The van der Waals surface area contributed by atoms with Crippen LogP contribution in [0.15, 0.2) is 0 Å². The largest absolute Gasteiger partial charge is 0.444 e. The van der Waals surface area contributed by atoms with Crippen molar-refractivity contribution in [2.75, 3.05) is 31.7 Å². The first-order valence-corrected chi connectivity index (χ1v) is 9.32. The van der Waals surface area contributed by atoms with E-state index in [1.54, 1.807) is 0 Å². The fourth-order valence-corrected chi connectivity index (χ4v) is 2.99. The molecule has 0 bridgehead atoms. The molecule has 1 fully saturated rings. The first kappa shape index (κ1) is 18.6. The Balaban J connectivity index is 2.56. The van der Waals surface area contributed by atoms with Gasteiger partial charge >= 0.3 is 6.09 Å². The Hall–Kier alpha value is -0.420. The maximum absolute atomic E-state index is 12.2. The second-order valence-corrected chi connectivity index (χ2v) is 7.72. The smallest absolute Gasteiger partial charge is 0.410 e. The summed E-state index contributed by atoms with van der Waals surface area (Å²) in [6, 6.07) is 0. The maximum Gasteiger partial charge on any atom is 0.410 e. The summed E-state index contributed by atoms with van der Waals surface area (Å²) < 4.78 is 11.7. The van der Waals surface area contributed by atoms with E-state index in [-0.39, 0.29) is 11.7 Å². The van der Waals surface area contributed by atoms with Gasteiger partial charge < -0.3 is 14.4 Å². The molecule has 1 saturated heterocycles. The Bertz CT molecular complexity index is 330. The number of piperidine rings is 1. The molecule has 21 heavy (non-hydrogen) atoms. The standard InChI is InChI=1S/C16H31NO3S/c1-6-16(19-11-8-12-21-5)9-7-10-17(13-16)14(18)20-15(2,3)4/h6-13H2,1-5H3. The maximum atomic E-state index is 12.2. The van der Waals surface area contributed by atoms with E-state index in [4.69, 9.17) is 9.47 Å². The van der Waals surface area contributed by atoms with E-state index in [9.17, 15) is 4.79 Å². The zero-order chi connectivity index (χ0) is 15.9. The van der Waals surface area contributed by atoms with Gasteiger partial charge in [0.25, 0.3) is 0 Å². The van der Waals surface area contributed by atoms with Gasteiger partial charge in [0.1, 0.15) is 5.60 Å². The van der Waals surface area contributed by atoms with Crippen LogP contribution in [0.3, 0.4) is 0 Å². The molecular formula is C16H31NO3S. The molecule has 1 amide bonds. The van der Waals surface area contributed by atoms with Gasteiger partial charge in [-0.3, -0.25) is 0 Å². The van der Waals surface area contributed by atoms with Crippen molar-refractivity contribution in [3.63, 3.8) is 0 Å². The highest BCUT2D eigenvalue weighted by Crippen LogP contribution is 2.29. The second kappa shape index (κ2) is 8.28. The molecule has 0 saturated carbocycles. The van der Waals surface area contributed by atoms with E-state index < -0.39 is 5.60 Å². The molecule has 0 N–H and O–H groups in total. The number of thioether (sulfide) groups is 1. The number of hydrogen-bond acceptors (Lipinski definition) is 4. The minimum Gasteiger partial charge on any atom is -0.444 e. The molecular weight excluding hydrogens is 286 g/mol. The lowest BCUT2D eigenvalue weighted by atomic mass is 9.90. The number of rotatable bonds is 6. The summed E-state index contributed by atoms with van der Waals surface area (Å²) in [5.74, 6) is 1.12. The van der Waals surface area contributed by atoms with Crippen molar-refractivity contribution in [3.05, 3.63) is 0 Å². The molecule has 1 rings (SSSR count). The molecule has 1 aliphatic rings. The monoisotopic (exact) mass is 317 g/mol. The fraction of sp³-hybridized carbons (Fsp3) is 0.938. The zero-order valence-electron chi connectivity index (χ0n) is 14.2. The number of nitrogens with zero attached hydrogens (tertiary/aromatic N) is 1. The lowest BCUT2D eigenvalue weighted by Gasteiger charge is -2.42. The number of amides is 1. The van der Waals surface area contributed by atoms with Crippen molar-refractivity contribution >= 4 is 17.9 Å². The number of carbonyl (C=O) groups is 1. The summed E-state index contributed by atoms with van der Waals surface area (Å²) in [5, 5.41) is 0. The number of ether oxygens (including phenoxy) is 2. The van der Waals surface area contributed by atoms with Crippen LogP contribution >= 0.6 is 11.8 Å². The number of likely N-dealkylation sites (tertiary alicyclic amines) is 1. The van der Waals surface area contributed by atoms with Crippen LogP contribution in [0.5, 0.6) is 0 Å². The fourth-order valence-electron chi connectivity index (χ4n) is 2.58. The van der Waals surface area contributed by atoms with Crippen molar-refractivity contribution in [1.82, 2.24) is 4.90 Å². The molecule has 0 aromatic rings. The third kappa shape index (κ3) is 6.47. The van der Waals surface area contributed by atoms with Crippen LogP contribution < -0.4 is 0 Å². The minimum absolute atomic E-state index is 0.187. The Morgan fingerprint density at radius 1 is 1.38 bits per heavy atom. The summed E-state index contributed by atoms with van der Waals surface area (Å²) in [6.45, 7) is 10.1. The molecule has 4 nitrogen and oxygen atoms in total. The molecule has 124 valence electrons. The Kier molecular flexibility index (Phi) is 7.34. The average Bonchev–Trinajstić information content (AvgIpc) is 2.42. The van der Waals surface area contributed by atoms with Gasteiger partial charge in [0.2, 0.25) is 0 Å². The molecule has 0 aromatic heterocycles. The third-order valence-electron chi connectivity index (χ3n) is 3.74.